The highest BCUT2D eigenvalue weighted by Gasteiger charge is 2.08. The van der Waals surface area contributed by atoms with Crippen molar-refractivity contribution in [2.24, 2.45) is 5.92 Å². The number of thiazole rings is 1. The van der Waals surface area contributed by atoms with Gasteiger partial charge in [-0.2, -0.15) is 0 Å². The summed E-state index contributed by atoms with van der Waals surface area (Å²) in [6.07, 6.45) is 5.46. The molecule has 1 N–H and O–H groups in total. The summed E-state index contributed by atoms with van der Waals surface area (Å²) in [6, 6.07) is 0. The van der Waals surface area contributed by atoms with E-state index in [1.54, 1.807) is 11.3 Å². The van der Waals surface area contributed by atoms with Gasteiger partial charge in [-0.1, -0.05) is 26.3 Å². The first kappa shape index (κ1) is 14.3. The van der Waals surface area contributed by atoms with Crippen molar-refractivity contribution in [3.8, 4) is 0 Å². The first-order chi connectivity index (χ1) is 9.11. The minimum atomic E-state index is 0.693. The Morgan fingerprint density at radius 1 is 1.53 bits per heavy atom. The number of imidazole rings is 1. The van der Waals surface area contributed by atoms with Crippen molar-refractivity contribution in [1.82, 2.24) is 14.7 Å². The highest BCUT2D eigenvalue weighted by atomic mass is 32.1. The van der Waals surface area contributed by atoms with Gasteiger partial charge in [0.15, 0.2) is 4.96 Å². The second kappa shape index (κ2) is 6.35. The largest absolute Gasteiger partial charge is 0.313 e. The Labute approximate surface area is 119 Å². The lowest BCUT2D eigenvalue weighted by Crippen LogP contribution is -2.21. The molecule has 0 unspecified atom stereocenters. The van der Waals surface area contributed by atoms with E-state index in [4.69, 9.17) is 0 Å². The van der Waals surface area contributed by atoms with Gasteiger partial charge in [0, 0.05) is 18.1 Å². The number of rotatable bonds is 6. The molecule has 0 fully saturated rings. The number of nitrogens with one attached hydrogen (secondary N) is 1. The maximum Gasteiger partial charge on any atom is 0.194 e. The third kappa shape index (κ3) is 3.45. The van der Waals surface area contributed by atoms with E-state index in [1.807, 2.05) is 0 Å². The van der Waals surface area contributed by atoms with Crippen LogP contribution >= 0.6 is 11.3 Å². The van der Waals surface area contributed by atoms with Gasteiger partial charge in [0.2, 0.25) is 0 Å². The smallest absolute Gasteiger partial charge is 0.194 e. The second-order valence-electron chi connectivity index (χ2n) is 5.32. The number of hydrogen-bond donors (Lipinski definition) is 1. The molecule has 0 aliphatic carbocycles. The van der Waals surface area contributed by atoms with Gasteiger partial charge < -0.3 is 5.32 Å². The van der Waals surface area contributed by atoms with Crippen LogP contribution in [-0.4, -0.2) is 22.5 Å². The Hall–Kier alpha value is -1.13. The molecular weight excluding hydrogens is 254 g/mol. The van der Waals surface area contributed by atoms with Crippen molar-refractivity contribution in [2.45, 2.75) is 34.1 Å². The van der Waals surface area contributed by atoms with Crippen molar-refractivity contribution < 1.29 is 0 Å². The first-order valence-electron chi connectivity index (χ1n) is 6.94. The summed E-state index contributed by atoms with van der Waals surface area (Å²) in [5.74, 6) is 0.693. The molecule has 2 aromatic heterocycles. The predicted molar refractivity (Wildman–Crippen MR) is 83.8 cm³/mol. The van der Waals surface area contributed by atoms with Crippen LogP contribution in [0.15, 0.2) is 17.2 Å². The molecule has 0 atom stereocenters. The van der Waals surface area contributed by atoms with Gasteiger partial charge in [-0.25, -0.2) is 4.98 Å². The molecule has 0 saturated heterocycles. The fourth-order valence-corrected chi connectivity index (χ4v) is 2.84. The van der Waals surface area contributed by atoms with Gasteiger partial charge in [0.25, 0.3) is 0 Å². The fourth-order valence-electron chi connectivity index (χ4n) is 2.08. The number of hydrogen-bond acceptors (Lipinski definition) is 3. The van der Waals surface area contributed by atoms with Gasteiger partial charge >= 0.3 is 0 Å². The molecular formula is C15H23N3S. The average molecular weight is 277 g/mol. The van der Waals surface area contributed by atoms with Crippen LogP contribution in [0.5, 0.6) is 0 Å². The molecule has 4 heteroatoms. The molecule has 0 aromatic carbocycles. The standard InChI is InChI=1S/C15H23N3S/c1-5-13(10-16-9-11(2)3)8-14-12(4)17-15-18(14)6-7-19-15/h6-8,11,16H,5,9-10H2,1-4H3. The van der Waals surface area contributed by atoms with E-state index >= 15 is 0 Å². The summed E-state index contributed by atoms with van der Waals surface area (Å²) in [4.78, 5) is 5.66. The Morgan fingerprint density at radius 3 is 3.00 bits per heavy atom. The first-order valence-corrected chi connectivity index (χ1v) is 7.82. The van der Waals surface area contributed by atoms with Crippen LogP contribution < -0.4 is 5.32 Å². The minimum absolute atomic E-state index is 0.693. The van der Waals surface area contributed by atoms with E-state index in [0.717, 1.165) is 30.2 Å². The molecule has 0 radical (unpaired) electrons. The molecule has 104 valence electrons. The monoisotopic (exact) mass is 277 g/mol. The molecule has 0 aliphatic heterocycles. The maximum absolute atomic E-state index is 4.59. The van der Waals surface area contributed by atoms with Gasteiger partial charge in [0.1, 0.15) is 0 Å². The van der Waals surface area contributed by atoms with Crippen LogP contribution in [0.4, 0.5) is 0 Å². The summed E-state index contributed by atoms with van der Waals surface area (Å²) >= 11 is 1.69. The van der Waals surface area contributed by atoms with Crippen LogP contribution in [0.3, 0.4) is 0 Å². The van der Waals surface area contributed by atoms with Gasteiger partial charge in [-0.05, 0) is 31.9 Å². The summed E-state index contributed by atoms with van der Waals surface area (Å²) in [7, 11) is 0. The van der Waals surface area contributed by atoms with Crippen LogP contribution in [0.1, 0.15) is 38.6 Å². The molecule has 0 bridgehead atoms. The Balaban J connectivity index is 2.17. The lowest BCUT2D eigenvalue weighted by molar-refractivity contribution is 0.569. The zero-order valence-corrected chi connectivity index (χ0v) is 13.0. The zero-order valence-electron chi connectivity index (χ0n) is 12.2. The zero-order chi connectivity index (χ0) is 13.8. The van der Waals surface area contributed by atoms with Crippen LogP contribution in [0, 0.1) is 12.8 Å². The van der Waals surface area contributed by atoms with Crippen LogP contribution in [0.2, 0.25) is 0 Å². The van der Waals surface area contributed by atoms with Crippen LogP contribution in [0.25, 0.3) is 11.0 Å². The molecule has 0 spiro atoms. The van der Waals surface area contributed by atoms with Crippen molar-refractivity contribution in [3.05, 3.63) is 28.5 Å². The van der Waals surface area contributed by atoms with E-state index in [2.05, 4.69) is 60.0 Å². The molecule has 0 amide bonds. The van der Waals surface area contributed by atoms with Gasteiger partial charge in [-0.3, -0.25) is 4.40 Å². The SMILES string of the molecule is CCC(=Cc1c(C)nc2sccn12)CNCC(C)C. The van der Waals surface area contributed by atoms with Crippen molar-refractivity contribution in [3.63, 3.8) is 0 Å². The Kier molecular flexibility index (Phi) is 4.77. The molecule has 2 heterocycles. The third-order valence-corrected chi connectivity index (χ3v) is 3.94. The summed E-state index contributed by atoms with van der Waals surface area (Å²) in [5.41, 5.74) is 3.76. The highest BCUT2D eigenvalue weighted by Crippen LogP contribution is 2.19. The number of aromatic nitrogens is 2. The van der Waals surface area contributed by atoms with E-state index in [-0.39, 0.29) is 0 Å². The summed E-state index contributed by atoms with van der Waals surface area (Å²) in [5, 5.41) is 5.60. The minimum Gasteiger partial charge on any atom is -0.313 e. The fraction of sp³-hybridized carbons (Fsp3) is 0.533. The molecule has 3 nitrogen and oxygen atoms in total. The van der Waals surface area contributed by atoms with Crippen molar-refractivity contribution in [1.29, 1.82) is 0 Å². The number of aryl methyl sites for hydroxylation is 1. The second-order valence-corrected chi connectivity index (χ2v) is 6.19. The normalized spacial score (nSPS) is 12.8. The molecule has 0 aliphatic rings. The predicted octanol–water partition coefficient (Wildman–Crippen LogP) is 3.74. The Morgan fingerprint density at radius 2 is 2.32 bits per heavy atom. The number of fused-ring (bicyclic) bond motifs is 1. The third-order valence-electron chi connectivity index (χ3n) is 3.18. The van der Waals surface area contributed by atoms with Gasteiger partial charge in [0.05, 0.1) is 11.4 Å². The van der Waals surface area contributed by atoms with Gasteiger partial charge in [-0.15, -0.1) is 11.3 Å². The van der Waals surface area contributed by atoms with E-state index < -0.39 is 0 Å². The number of nitrogens with zero attached hydrogens (tertiary/aromatic N) is 2. The lowest BCUT2D eigenvalue weighted by Gasteiger charge is -2.09. The molecule has 2 rings (SSSR count). The topological polar surface area (TPSA) is 29.3 Å². The van der Waals surface area contributed by atoms with Crippen molar-refractivity contribution >= 4 is 22.4 Å². The van der Waals surface area contributed by atoms with E-state index in [9.17, 15) is 0 Å². The summed E-state index contributed by atoms with van der Waals surface area (Å²) in [6.45, 7) is 10.8. The Bertz CT molecular complexity index is 563. The van der Waals surface area contributed by atoms with E-state index in [1.165, 1.54) is 11.3 Å². The van der Waals surface area contributed by atoms with Crippen molar-refractivity contribution in [2.75, 3.05) is 13.1 Å². The molecule has 2 aromatic rings. The van der Waals surface area contributed by atoms with Crippen LogP contribution in [-0.2, 0) is 0 Å². The quantitative estimate of drug-likeness (QED) is 0.871. The summed E-state index contributed by atoms with van der Waals surface area (Å²) < 4.78 is 2.18. The van der Waals surface area contributed by atoms with E-state index in [0.29, 0.717) is 5.92 Å². The average Bonchev–Trinajstić information content (AvgIpc) is 2.90. The highest BCUT2D eigenvalue weighted by molar-refractivity contribution is 7.15. The maximum atomic E-state index is 4.59. The lowest BCUT2D eigenvalue weighted by atomic mass is 10.1. The molecule has 19 heavy (non-hydrogen) atoms. The molecule has 0 saturated carbocycles.